The highest BCUT2D eigenvalue weighted by Gasteiger charge is 2.13. The molecule has 0 radical (unpaired) electrons. The first-order valence-corrected chi connectivity index (χ1v) is 8.43. The Labute approximate surface area is 132 Å². The van der Waals surface area contributed by atoms with Crippen LogP contribution < -0.4 is 14.8 Å². The summed E-state index contributed by atoms with van der Waals surface area (Å²) in [5.41, 5.74) is 1.22. The number of benzene rings is 1. The molecule has 1 N–H and O–H groups in total. The maximum Gasteiger partial charge on any atom is 0.161 e. The number of hydrogen-bond donors (Lipinski definition) is 1. The smallest absolute Gasteiger partial charge is 0.161 e. The molecule has 0 aliphatic rings. The molecule has 120 valence electrons. The van der Waals surface area contributed by atoms with Gasteiger partial charge < -0.3 is 19.5 Å². The number of nitrogens with one attached hydrogen (secondary N) is 1. The minimum Gasteiger partial charge on any atom is -0.493 e. The number of methoxy groups -OCH3 is 3. The molecular formula is C16H27NO3S. The fourth-order valence-corrected chi connectivity index (χ4v) is 2.90. The van der Waals surface area contributed by atoms with E-state index < -0.39 is 0 Å². The summed E-state index contributed by atoms with van der Waals surface area (Å²) in [6.45, 7) is 3.72. The average Bonchev–Trinajstić information content (AvgIpc) is 2.52. The van der Waals surface area contributed by atoms with Crippen molar-refractivity contribution in [3.05, 3.63) is 17.7 Å². The molecule has 21 heavy (non-hydrogen) atoms. The van der Waals surface area contributed by atoms with Crippen molar-refractivity contribution in [2.45, 2.75) is 37.2 Å². The molecule has 0 amide bonds. The van der Waals surface area contributed by atoms with Crippen LogP contribution in [0.4, 0.5) is 0 Å². The zero-order valence-electron chi connectivity index (χ0n) is 13.7. The van der Waals surface area contributed by atoms with E-state index in [1.54, 1.807) is 33.1 Å². The van der Waals surface area contributed by atoms with Crippen LogP contribution in [0.5, 0.6) is 11.5 Å². The second-order valence-corrected chi connectivity index (χ2v) is 5.69. The van der Waals surface area contributed by atoms with E-state index in [9.17, 15) is 0 Å². The zero-order chi connectivity index (χ0) is 15.7. The van der Waals surface area contributed by atoms with Gasteiger partial charge in [-0.15, -0.1) is 11.8 Å². The summed E-state index contributed by atoms with van der Waals surface area (Å²) >= 11 is 1.72. The van der Waals surface area contributed by atoms with Crippen LogP contribution in [0.1, 0.15) is 25.3 Å². The van der Waals surface area contributed by atoms with Gasteiger partial charge in [0.05, 0.1) is 20.8 Å². The lowest BCUT2D eigenvalue weighted by Gasteiger charge is -2.19. The molecule has 0 aliphatic heterocycles. The number of ether oxygens (including phenoxy) is 3. The third-order valence-corrected chi connectivity index (χ3v) is 4.19. The topological polar surface area (TPSA) is 39.7 Å². The first-order valence-electron chi connectivity index (χ1n) is 7.21. The number of thioether (sulfide) groups is 1. The molecule has 0 fully saturated rings. The Hall–Kier alpha value is -0.910. The molecule has 0 saturated heterocycles. The van der Waals surface area contributed by atoms with E-state index in [-0.39, 0.29) is 0 Å². The lowest BCUT2D eigenvalue weighted by Crippen LogP contribution is -2.32. The van der Waals surface area contributed by atoms with Gasteiger partial charge in [0.2, 0.25) is 0 Å². The predicted octanol–water partition coefficient (Wildman–Crippen LogP) is 3.33. The number of rotatable bonds is 10. The summed E-state index contributed by atoms with van der Waals surface area (Å²) in [6, 6.07) is 4.46. The minimum atomic E-state index is 0.378. The highest BCUT2D eigenvalue weighted by atomic mass is 32.2. The van der Waals surface area contributed by atoms with Gasteiger partial charge in [0, 0.05) is 24.6 Å². The van der Waals surface area contributed by atoms with E-state index in [4.69, 9.17) is 14.2 Å². The largest absolute Gasteiger partial charge is 0.493 e. The van der Waals surface area contributed by atoms with Crippen molar-refractivity contribution in [3.63, 3.8) is 0 Å². The van der Waals surface area contributed by atoms with Crippen molar-refractivity contribution in [1.82, 2.24) is 5.32 Å². The molecule has 0 spiro atoms. The van der Waals surface area contributed by atoms with Crippen molar-refractivity contribution in [3.8, 4) is 11.5 Å². The summed E-state index contributed by atoms with van der Waals surface area (Å²) in [5, 5.41) is 3.57. The molecule has 0 aliphatic carbocycles. The highest BCUT2D eigenvalue weighted by molar-refractivity contribution is 7.98. The first-order chi connectivity index (χ1) is 10.2. The minimum absolute atomic E-state index is 0.378. The van der Waals surface area contributed by atoms with Crippen LogP contribution in [-0.4, -0.2) is 40.2 Å². The van der Waals surface area contributed by atoms with Gasteiger partial charge in [-0.05, 0) is 30.4 Å². The van der Waals surface area contributed by atoms with E-state index in [0.717, 1.165) is 37.5 Å². The molecule has 1 unspecified atom stereocenters. The lowest BCUT2D eigenvalue weighted by atomic mass is 10.1. The fourth-order valence-electron chi connectivity index (χ4n) is 2.28. The van der Waals surface area contributed by atoms with Crippen LogP contribution in [0.3, 0.4) is 0 Å². The first kappa shape index (κ1) is 18.1. The van der Waals surface area contributed by atoms with E-state index in [2.05, 4.69) is 18.5 Å². The van der Waals surface area contributed by atoms with Gasteiger partial charge in [-0.3, -0.25) is 0 Å². The van der Waals surface area contributed by atoms with Crippen LogP contribution in [0.25, 0.3) is 0 Å². The van der Waals surface area contributed by atoms with Gasteiger partial charge in [0.25, 0.3) is 0 Å². The van der Waals surface area contributed by atoms with Crippen LogP contribution in [-0.2, 0) is 11.3 Å². The molecule has 1 atom stereocenters. The summed E-state index contributed by atoms with van der Waals surface area (Å²) in [5.74, 6) is 1.54. The molecule has 1 rings (SSSR count). The van der Waals surface area contributed by atoms with Crippen LogP contribution in [0.15, 0.2) is 17.0 Å². The standard InChI is InChI=1S/C16H27NO3S/c1-6-7-13(11-18-2)17-10-12-8-14(19-3)15(20-4)9-16(12)21-5/h8-9,13,17H,6-7,10-11H2,1-5H3. The van der Waals surface area contributed by atoms with E-state index in [0.29, 0.717) is 6.04 Å². The van der Waals surface area contributed by atoms with Crippen molar-refractivity contribution in [2.75, 3.05) is 34.2 Å². The molecule has 0 heterocycles. The van der Waals surface area contributed by atoms with Crippen molar-refractivity contribution >= 4 is 11.8 Å². The van der Waals surface area contributed by atoms with Crippen LogP contribution in [0.2, 0.25) is 0 Å². The molecule has 4 nitrogen and oxygen atoms in total. The molecular weight excluding hydrogens is 286 g/mol. The van der Waals surface area contributed by atoms with E-state index in [1.807, 2.05) is 12.1 Å². The highest BCUT2D eigenvalue weighted by Crippen LogP contribution is 2.34. The second kappa shape index (κ2) is 9.92. The van der Waals surface area contributed by atoms with Gasteiger partial charge in [0.15, 0.2) is 11.5 Å². The Bertz CT molecular complexity index is 420. The second-order valence-electron chi connectivity index (χ2n) is 4.84. The van der Waals surface area contributed by atoms with Gasteiger partial charge in [0.1, 0.15) is 0 Å². The summed E-state index contributed by atoms with van der Waals surface area (Å²) in [4.78, 5) is 1.20. The maximum absolute atomic E-state index is 5.39. The Kier molecular flexibility index (Phi) is 8.57. The summed E-state index contributed by atoms with van der Waals surface area (Å²) < 4.78 is 16.0. The third-order valence-electron chi connectivity index (χ3n) is 3.37. The SMILES string of the molecule is CCCC(COC)NCc1cc(OC)c(OC)cc1SC. The van der Waals surface area contributed by atoms with Crippen molar-refractivity contribution in [2.24, 2.45) is 0 Å². The number of hydrogen-bond acceptors (Lipinski definition) is 5. The summed E-state index contributed by atoms with van der Waals surface area (Å²) in [7, 11) is 5.07. The Morgan fingerprint density at radius 3 is 2.33 bits per heavy atom. The van der Waals surface area contributed by atoms with Crippen LogP contribution in [0, 0.1) is 0 Å². The normalized spacial score (nSPS) is 12.2. The van der Waals surface area contributed by atoms with Crippen LogP contribution >= 0.6 is 11.8 Å². The molecule has 0 saturated carbocycles. The predicted molar refractivity (Wildman–Crippen MR) is 88.7 cm³/mol. The third kappa shape index (κ3) is 5.41. The quantitative estimate of drug-likeness (QED) is 0.671. The van der Waals surface area contributed by atoms with Crippen molar-refractivity contribution in [1.29, 1.82) is 0 Å². The summed E-state index contributed by atoms with van der Waals surface area (Å²) in [6.07, 6.45) is 4.32. The van der Waals surface area contributed by atoms with Gasteiger partial charge in [-0.25, -0.2) is 0 Å². The molecule has 1 aromatic rings. The van der Waals surface area contributed by atoms with Gasteiger partial charge >= 0.3 is 0 Å². The molecule has 1 aromatic carbocycles. The monoisotopic (exact) mass is 313 g/mol. The van der Waals surface area contributed by atoms with E-state index >= 15 is 0 Å². The lowest BCUT2D eigenvalue weighted by molar-refractivity contribution is 0.161. The van der Waals surface area contributed by atoms with Gasteiger partial charge in [-0.1, -0.05) is 13.3 Å². The van der Waals surface area contributed by atoms with Crippen molar-refractivity contribution < 1.29 is 14.2 Å². The van der Waals surface area contributed by atoms with E-state index in [1.165, 1.54) is 10.5 Å². The Morgan fingerprint density at radius 1 is 1.14 bits per heavy atom. The molecule has 0 aromatic heterocycles. The molecule has 5 heteroatoms. The zero-order valence-corrected chi connectivity index (χ0v) is 14.5. The average molecular weight is 313 g/mol. The molecule has 0 bridgehead atoms. The Balaban J connectivity index is 2.85. The Morgan fingerprint density at radius 2 is 1.81 bits per heavy atom. The maximum atomic E-state index is 5.39. The fraction of sp³-hybridized carbons (Fsp3) is 0.625. The van der Waals surface area contributed by atoms with Gasteiger partial charge in [-0.2, -0.15) is 0 Å².